The molecule has 2 unspecified atom stereocenters. The van der Waals surface area contributed by atoms with Gasteiger partial charge in [-0.05, 0) is 42.0 Å². The van der Waals surface area contributed by atoms with Crippen molar-refractivity contribution in [2.45, 2.75) is 39.3 Å². The van der Waals surface area contributed by atoms with Crippen molar-refractivity contribution in [1.29, 1.82) is 0 Å². The van der Waals surface area contributed by atoms with Crippen molar-refractivity contribution < 1.29 is 0 Å². The minimum atomic E-state index is 0.174. The number of aromatic amines is 1. The molecule has 0 amide bonds. The molecule has 1 aromatic heterocycles. The van der Waals surface area contributed by atoms with Crippen molar-refractivity contribution in [2.24, 2.45) is 5.41 Å². The van der Waals surface area contributed by atoms with Crippen LogP contribution in [0.25, 0.3) is 0 Å². The molecule has 0 bridgehead atoms. The van der Waals surface area contributed by atoms with E-state index in [1.807, 2.05) is 12.3 Å². The predicted molar refractivity (Wildman–Crippen MR) is 81.8 cm³/mol. The predicted octanol–water partition coefficient (Wildman–Crippen LogP) is 4.04. The first kappa shape index (κ1) is 13.7. The molecular formula is C16H20ClN3. The van der Waals surface area contributed by atoms with Crippen LogP contribution in [0.5, 0.6) is 0 Å². The number of nitrogens with one attached hydrogen (secondary N) is 2. The molecule has 0 aliphatic heterocycles. The van der Waals surface area contributed by atoms with Crippen LogP contribution < -0.4 is 5.32 Å². The molecule has 0 spiro atoms. The molecule has 2 atom stereocenters. The van der Waals surface area contributed by atoms with Gasteiger partial charge in [-0.15, -0.1) is 0 Å². The van der Waals surface area contributed by atoms with Gasteiger partial charge in [-0.1, -0.05) is 31.5 Å². The zero-order valence-corrected chi connectivity index (χ0v) is 12.8. The minimum Gasteiger partial charge on any atom is -0.347 e. The summed E-state index contributed by atoms with van der Waals surface area (Å²) in [5.74, 6) is 0.969. The average molecular weight is 290 g/mol. The van der Waals surface area contributed by atoms with Gasteiger partial charge in [-0.25, -0.2) is 4.98 Å². The fourth-order valence-electron chi connectivity index (χ4n) is 3.17. The highest BCUT2D eigenvalue weighted by molar-refractivity contribution is 6.30. The van der Waals surface area contributed by atoms with Crippen LogP contribution in [-0.4, -0.2) is 9.97 Å². The number of hydrogen-bond acceptors (Lipinski definition) is 2. The van der Waals surface area contributed by atoms with Gasteiger partial charge in [-0.2, -0.15) is 0 Å². The van der Waals surface area contributed by atoms with Crippen LogP contribution in [0.3, 0.4) is 0 Å². The minimum absolute atomic E-state index is 0.174. The largest absolute Gasteiger partial charge is 0.347 e. The summed E-state index contributed by atoms with van der Waals surface area (Å²) in [5.41, 5.74) is 2.89. The van der Waals surface area contributed by atoms with E-state index in [1.165, 1.54) is 11.1 Å². The quantitative estimate of drug-likeness (QED) is 0.895. The molecule has 0 fully saturated rings. The first-order valence-corrected chi connectivity index (χ1v) is 7.39. The Labute approximate surface area is 124 Å². The topological polar surface area (TPSA) is 40.7 Å². The number of imidazole rings is 1. The highest BCUT2D eigenvalue weighted by atomic mass is 35.5. The second-order valence-corrected chi connectivity index (χ2v) is 6.74. The smallest absolute Gasteiger partial charge is 0.122 e. The Balaban J connectivity index is 1.90. The standard InChI is InChI=1S/C16H20ClN3/c1-10(15-18-6-7-19-15)20-14-13-8-12(17)5-4-11(13)9-16(14,2)3/h4-8,10,14,20H,9H2,1-3H3,(H,18,19). The van der Waals surface area contributed by atoms with Crippen molar-refractivity contribution in [3.05, 3.63) is 52.6 Å². The molecule has 2 N–H and O–H groups in total. The number of aromatic nitrogens is 2. The molecule has 0 saturated heterocycles. The van der Waals surface area contributed by atoms with E-state index in [0.717, 1.165) is 17.3 Å². The lowest BCUT2D eigenvalue weighted by molar-refractivity contribution is 0.250. The Bertz CT molecular complexity index is 604. The van der Waals surface area contributed by atoms with E-state index in [9.17, 15) is 0 Å². The van der Waals surface area contributed by atoms with Crippen LogP contribution >= 0.6 is 11.6 Å². The molecule has 3 nitrogen and oxygen atoms in total. The SMILES string of the molecule is CC(NC1c2cc(Cl)ccc2CC1(C)C)c1ncc[nH]1. The van der Waals surface area contributed by atoms with E-state index in [1.54, 1.807) is 6.20 Å². The van der Waals surface area contributed by atoms with E-state index >= 15 is 0 Å². The molecule has 106 valence electrons. The summed E-state index contributed by atoms with van der Waals surface area (Å²) < 4.78 is 0. The Morgan fingerprint density at radius 3 is 2.95 bits per heavy atom. The maximum absolute atomic E-state index is 6.17. The molecule has 1 aromatic carbocycles. The van der Waals surface area contributed by atoms with Gasteiger partial charge in [0.1, 0.15) is 5.82 Å². The molecule has 1 aliphatic carbocycles. The number of halogens is 1. The Morgan fingerprint density at radius 1 is 1.45 bits per heavy atom. The highest BCUT2D eigenvalue weighted by Gasteiger charge is 2.39. The zero-order valence-electron chi connectivity index (χ0n) is 12.1. The van der Waals surface area contributed by atoms with Crippen molar-refractivity contribution >= 4 is 11.6 Å². The van der Waals surface area contributed by atoms with Gasteiger partial charge in [0.05, 0.1) is 6.04 Å². The molecule has 2 aromatic rings. The Hall–Kier alpha value is -1.32. The number of fused-ring (bicyclic) bond motifs is 1. The zero-order chi connectivity index (χ0) is 14.3. The Kier molecular flexibility index (Phi) is 3.35. The van der Waals surface area contributed by atoms with Gasteiger partial charge < -0.3 is 10.3 Å². The van der Waals surface area contributed by atoms with E-state index < -0.39 is 0 Å². The lowest BCUT2D eigenvalue weighted by atomic mass is 9.85. The lowest BCUT2D eigenvalue weighted by Crippen LogP contribution is -2.33. The van der Waals surface area contributed by atoms with Crippen molar-refractivity contribution in [2.75, 3.05) is 0 Å². The third kappa shape index (κ3) is 2.36. The van der Waals surface area contributed by atoms with Crippen LogP contribution in [0.15, 0.2) is 30.6 Å². The monoisotopic (exact) mass is 289 g/mol. The second kappa shape index (κ2) is 4.90. The molecule has 0 saturated carbocycles. The number of rotatable bonds is 3. The van der Waals surface area contributed by atoms with Crippen LogP contribution in [-0.2, 0) is 6.42 Å². The molecule has 4 heteroatoms. The average Bonchev–Trinajstić information content (AvgIpc) is 2.98. The Morgan fingerprint density at radius 2 is 2.25 bits per heavy atom. The number of benzene rings is 1. The summed E-state index contributed by atoms with van der Waals surface area (Å²) in [6.45, 7) is 6.73. The van der Waals surface area contributed by atoms with Crippen molar-refractivity contribution in [3.63, 3.8) is 0 Å². The molecule has 1 heterocycles. The molecule has 0 radical (unpaired) electrons. The number of hydrogen-bond donors (Lipinski definition) is 2. The fourth-order valence-corrected chi connectivity index (χ4v) is 3.35. The summed E-state index contributed by atoms with van der Waals surface area (Å²) in [5, 5.41) is 4.51. The summed E-state index contributed by atoms with van der Waals surface area (Å²) in [6.07, 6.45) is 4.72. The summed E-state index contributed by atoms with van der Waals surface area (Å²) in [7, 11) is 0. The fraction of sp³-hybridized carbons (Fsp3) is 0.438. The number of H-pyrrole nitrogens is 1. The molecular weight excluding hydrogens is 270 g/mol. The second-order valence-electron chi connectivity index (χ2n) is 6.30. The van der Waals surface area contributed by atoms with Gasteiger partial charge in [0.25, 0.3) is 0 Å². The first-order valence-electron chi connectivity index (χ1n) is 7.01. The maximum Gasteiger partial charge on any atom is 0.122 e. The highest BCUT2D eigenvalue weighted by Crippen LogP contribution is 2.46. The van der Waals surface area contributed by atoms with E-state index in [4.69, 9.17) is 11.6 Å². The molecule has 20 heavy (non-hydrogen) atoms. The van der Waals surface area contributed by atoms with Crippen molar-refractivity contribution in [3.8, 4) is 0 Å². The van der Waals surface area contributed by atoms with E-state index in [2.05, 4.69) is 48.2 Å². The normalized spacial score (nSPS) is 21.7. The van der Waals surface area contributed by atoms with Crippen LogP contribution in [0.2, 0.25) is 5.02 Å². The van der Waals surface area contributed by atoms with Gasteiger partial charge >= 0.3 is 0 Å². The van der Waals surface area contributed by atoms with Gasteiger partial charge in [-0.3, -0.25) is 0 Å². The van der Waals surface area contributed by atoms with E-state index in [0.29, 0.717) is 0 Å². The molecule has 1 aliphatic rings. The van der Waals surface area contributed by atoms with Gasteiger partial charge in [0.15, 0.2) is 0 Å². The van der Waals surface area contributed by atoms with Gasteiger partial charge in [0, 0.05) is 23.5 Å². The summed E-state index contributed by atoms with van der Waals surface area (Å²) >= 11 is 6.17. The van der Waals surface area contributed by atoms with Crippen molar-refractivity contribution in [1.82, 2.24) is 15.3 Å². The van der Waals surface area contributed by atoms with E-state index in [-0.39, 0.29) is 17.5 Å². The van der Waals surface area contributed by atoms with Crippen LogP contribution in [0.1, 0.15) is 49.8 Å². The lowest BCUT2D eigenvalue weighted by Gasteiger charge is -2.31. The van der Waals surface area contributed by atoms with Crippen LogP contribution in [0, 0.1) is 5.41 Å². The van der Waals surface area contributed by atoms with Gasteiger partial charge in [0.2, 0.25) is 0 Å². The summed E-state index contributed by atoms with van der Waals surface area (Å²) in [6, 6.07) is 6.70. The maximum atomic E-state index is 6.17. The summed E-state index contributed by atoms with van der Waals surface area (Å²) in [4.78, 5) is 7.51. The third-order valence-corrected chi connectivity index (χ3v) is 4.43. The first-order chi connectivity index (χ1) is 9.47. The molecule has 3 rings (SSSR count). The number of nitrogens with zero attached hydrogens (tertiary/aromatic N) is 1. The van der Waals surface area contributed by atoms with Crippen LogP contribution in [0.4, 0.5) is 0 Å². The third-order valence-electron chi connectivity index (χ3n) is 4.19.